The normalized spacial score (nSPS) is 17.5. The number of nitrogens with one attached hydrogen (secondary N) is 1. The molecule has 1 saturated heterocycles. The van der Waals surface area contributed by atoms with E-state index in [0.29, 0.717) is 16.6 Å². The van der Waals surface area contributed by atoms with Crippen LogP contribution in [0.25, 0.3) is 0 Å². The van der Waals surface area contributed by atoms with Gasteiger partial charge in [-0.2, -0.15) is 0 Å². The number of piperidine rings is 1. The van der Waals surface area contributed by atoms with E-state index in [2.05, 4.69) is 42.3 Å². The Morgan fingerprint density at radius 3 is 2.29 bits per heavy atom. The van der Waals surface area contributed by atoms with E-state index in [-0.39, 0.29) is 11.8 Å². The first-order valence-corrected chi connectivity index (χ1v) is 10.9. The number of hydrogen-bond acceptors (Lipinski definition) is 2. The van der Waals surface area contributed by atoms with Crippen LogP contribution in [0.2, 0.25) is 10.0 Å². The molecule has 2 aromatic carbocycles. The largest absolute Gasteiger partial charge is 0.325 e. The zero-order chi connectivity index (χ0) is 20.1. The van der Waals surface area contributed by atoms with Gasteiger partial charge in [-0.25, -0.2) is 0 Å². The number of nitrogens with zero attached hydrogens (tertiary/aromatic N) is 1. The van der Waals surface area contributed by atoms with Crippen molar-refractivity contribution in [1.29, 1.82) is 0 Å². The molecule has 0 saturated carbocycles. The quantitative estimate of drug-likeness (QED) is 0.626. The summed E-state index contributed by atoms with van der Waals surface area (Å²) in [6.45, 7) is 6.61. The monoisotopic (exact) mass is 418 g/mol. The zero-order valence-corrected chi connectivity index (χ0v) is 18.1. The summed E-state index contributed by atoms with van der Waals surface area (Å²) in [5.41, 5.74) is 4.34. The Kier molecular flexibility index (Phi) is 7.39. The smallest absolute Gasteiger partial charge is 0.228 e. The van der Waals surface area contributed by atoms with Gasteiger partial charge in [0, 0.05) is 34.4 Å². The van der Waals surface area contributed by atoms with Gasteiger partial charge in [0.15, 0.2) is 0 Å². The Morgan fingerprint density at radius 2 is 1.68 bits per heavy atom. The van der Waals surface area contributed by atoms with Crippen LogP contribution < -0.4 is 5.32 Å². The van der Waals surface area contributed by atoms with E-state index in [0.717, 1.165) is 50.0 Å². The number of halogens is 2. The lowest BCUT2D eigenvalue weighted by Gasteiger charge is -2.32. The van der Waals surface area contributed by atoms with E-state index < -0.39 is 0 Å². The topological polar surface area (TPSA) is 32.3 Å². The van der Waals surface area contributed by atoms with Gasteiger partial charge in [0.2, 0.25) is 5.91 Å². The maximum Gasteiger partial charge on any atom is 0.228 e. The molecule has 1 amide bonds. The SMILES string of the molecule is CCc1cccc(CC)c1NC(=O)C1CCCN(Cc2c(Cl)cccc2Cl)C1. The lowest BCUT2D eigenvalue weighted by atomic mass is 9.95. The third kappa shape index (κ3) is 4.89. The molecule has 0 aliphatic carbocycles. The predicted octanol–water partition coefficient (Wildman–Crippen LogP) is 5.97. The van der Waals surface area contributed by atoms with E-state index in [1.807, 2.05) is 18.2 Å². The summed E-state index contributed by atoms with van der Waals surface area (Å²) in [7, 11) is 0. The molecule has 3 nitrogen and oxygen atoms in total. The van der Waals surface area contributed by atoms with Gasteiger partial charge in [-0.15, -0.1) is 0 Å². The molecule has 1 fully saturated rings. The van der Waals surface area contributed by atoms with Gasteiger partial charge < -0.3 is 5.32 Å². The summed E-state index contributed by atoms with van der Waals surface area (Å²) < 4.78 is 0. The fourth-order valence-electron chi connectivity index (χ4n) is 3.95. The molecule has 5 heteroatoms. The van der Waals surface area contributed by atoms with Crippen LogP contribution in [0.4, 0.5) is 5.69 Å². The van der Waals surface area contributed by atoms with Gasteiger partial charge >= 0.3 is 0 Å². The first kappa shape index (κ1) is 21.2. The van der Waals surface area contributed by atoms with E-state index in [1.54, 1.807) is 0 Å². The molecular formula is C23H28Cl2N2O. The summed E-state index contributed by atoms with van der Waals surface area (Å²) >= 11 is 12.7. The van der Waals surface area contributed by atoms with Crippen LogP contribution in [0, 0.1) is 5.92 Å². The molecule has 0 radical (unpaired) electrons. The molecular weight excluding hydrogens is 391 g/mol. The minimum atomic E-state index is -0.0235. The van der Waals surface area contributed by atoms with Crippen LogP contribution in [0.15, 0.2) is 36.4 Å². The summed E-state index contributed by atoms with van der Waals surface area (Å²) in [6, 6.07) is 11.9. The van der Waals surface area contributed by atoms with Gasteiger partial charge in [0.25, 0.3) is 0 Å². The Labute approximate surface area is 178 Å². The predicted molar refractivity (Wildman–Crippen MR) is 118 cm³/mol. The minimum absolute atomic E-state index is 0.0235. The Bertz CT molecular complexity index is 795. The molecule has 1 aliphatic rings. The van der Waals surface area contributed by atoms with Crippen molar-refractivity contribution >= 4 is 34.8 Å². The highest BCUT2D eigenvalue weighted by molar-refractivity contribution is 6.35. The lowest BCUT2D eigenvalue weighted by Crippen LogP contribution is -2.40. The second-order valence-corrected chi connectivity index (χ2v) is 8.24. The number of carbonyl (C=O) groups excluding carboxylic acids is 1. The second kappa shape index (κ2) is 9.78. The van der Waals surface area contributed by atoms with Crippen molar-refractivity contribution in [3.05, 3.63) is 63.1 Å². The molecule has 1 N–H and O–H groups in total. The molecule has 1 unspecified atom stereocenters. The average molecular weight is 419 g/mol. The van der Waals surface area contributed by atoms with E-state index in [9.17, 15) is 4.79 Å². The van der Waals surface area contributed by atoms with Gasteiger partial charge in [-0.1, -0.05) is 61.3 Å². The number of aryl methyl sites for hydroxylation is 2. The van der Waals surface area contributed by atoms with Crippen molar-refractivity contribution in [2.45, 2.75) is 46.1 Å². The molecule has 0 bridgehead atoms. The van der Waals surface area contributed by atoms with Gasteiger partial charge in [-0.05, 0) is 55.5 Å². The third-order valence-corrected chi connectivity index (χ3v) is 6.27. The van der Waals surface area contributed by atoms with Crippen LogP contribution in [-0.2, 0) is 24.2 Å². The maximum absolute atomic E-state index is 13.0. The fourth-order valence-corrected chi connectivity index (χ4v) is 4.47. The molecule has 28 heavy (non-hydrogen) atoms. The van der Waals surface area contributed by atoms with Crippen molar-refractivity contribution < 1.29 is 4.79 Å². The fraction of sp³-hybridized carbons (Fsp3) is 0.435. The molecule has 0 spiro atoms. The number of hydrogen-bond donors (Lipinski definition) is 1. The second-order valence-electron chi connectivity index (χ2n) is 7.42. The van der Waals surface area contributed by atoms with E-state index >= 15 is 0 Å². The molecule has 1 aliphatic heterocycles. The lowest BCUT2D eigenvalue weighted by molar-refractivity contribution is -0.121. The number of anilines is 1. The van der Waals surface area contributed by atoms with Crippen molar-refractivity contribution in [1.82, 2.24) is 4.90 Å². The van der Waals surface area contributed by atoms with E-state index in [1.165, 1.54) is 11.1 Å². The minimum Gasteiger partial charge on any atom is -0.325 e. The Balaban J connectivity index is 1.70. The highest BCUT2D eigenvalue weighted by Gasteiger charge is 2.27. The highest BCUT2D eigenvalue weighted by Crippen LogP contribution is 2.29. The molecule has 1 heterocycles. The number of likely N-dealkylation sites (tertiary alicyclic amines) is 1. The standard InChI is InChI=1S/C23H28Cl2N2O/c1-3-16-8-5-9-17(4-2)22(16)26-23(28)18-10-7-13-27(14-18)15-19-20(24)11-6-12-21(19)25/h5-6,8-9,11-12,18H,3-4,7,10,13-15H2,1-2H3,(H,26,28). The van der Waals surface area contributed by atoms with E-state index in [4.69, 9.17) is 23.2 Å². The van der Waals surface area contributed by atoms with Crippen molar-refractivity contribution in [3.8, 4) is 0 Å². The number of para-hydroxylation sites is 1. The molecule has 150 valence electrons. The first-order valence-electron chi connectivity index (χ1n) is 10.1. The van der Waals surface area contributed by atoms with Gasteiger partial charge in [0.05, 0.1) is 5.92 Å². The Hall–Kier alpha value is -1.55. The number of benzene rings is 2. The molecule has 1 atom stereocenters. The number of rotatable bonds is 6. The van der Waals surface area contributed by atoms with Crippen LogP contribution in [0.1, 0.15) is 43.4 Å². The van der Waals surface area contributed by atoms with Gasteiger partial charge in [0.1, 0.15) is 0 Å². The highest BCUT2D eigenvalue weighted by atomic mass is 35.5. The van der Waals surface area contributed by atoms with Crippen LogP contribution in [0.5, 0.6) is 0 Å². The van der Waals surface area contributed by atoms with Crippen molar-refractivity contribution in [2.24, 2.45) is 5.92 Å². The maximum atomic E-state index is 13.0. The number of amides is 1. The first-order chi connectivity index (χ1) is 13.5. The summed E-state index contributed by atoms with van der Waals surface area (Å²) in [6.07, 6.45) is 3.72. The molecule has 0 aromatic heterocycles. The number of carbonyl (C=O) groups is 1. The zero-order valence-electron chi connectivity index (χ0n) is 16.6. The van der Waals surface area contributed by atoms with Crippen LogP contribution in [0.3, 0.4) is 0 Å². The summed E-state index contributed by atoms with van der Waals surface area (Å²) in [5.74, 6) is 0.0928. The van der Waals surface area contributed by atoms with Crippen LogP contribution >= 0.6 is 23.2 Å². The molecule has 3 rings (SSSR count). The van der Waals surface area contributed by atoms with Gasteiger partial charge in [-0.3, -0.25) is 9.69 Å². The van der Waals surface area contributed by atoms with Crippen molar-refractivity contribution in [2.75, 3.05) is 18.4 Å². The summed E-state index contributed by atoms with van der Waals surface area (Å²) in [5, 5.41) is 4.61. The third-order valence-electron chi connectivity index (χ3n) is 5.57. The summed E-state index contributed by atoms with van der Waals surface area (Å²) in [4.78, 5) is 15.3. The average Bonchev–Trinajstić information content (AvgIpc) is 2.71. The Morgan fingerprint density at radius 1 is 1.07 bits per heavy atom. The molecule has 2 aromatic rings. The van der Waals surface area contributed by atoms with Crippen LogP contribution in [-0.4, -0.2) is 23.9 Å². The van der Waals surface area contributed by atoms with Crippen molar-refractivity contribution in [3.63, 3.8) is 0 Å².